The Morgan fingerprint density at radius 2 is 1.81 bits per heavy atom. The first-order valence-corrected chi connectivity index (χ1v) is 8.64. The molecule has 0 aliphatic rings. The van der Waals surface area contributed by atoms with Crippen LogP contribution in [0.2, 0.25) is 0 Å². The quantitative estimate of drug-likeness (QED) is 0.560. The Kier molecular flexibility index (Phi) is 8.15. The molecule has 0 bridgehead atoms. The molecule has 0 aliphatic carbocycles. The number of nitrogens with zero attached hydrogens (tertiary/aromatic N) is 1. The summed E-state index contributed by atoms with van der Waals surface area (Å²) in [7, 11) is 0. The minimum absolute atomic E-state index is 0.00920. The first-order valence-electron chi connectivity index (χ1n) is 8.64. The van der Waals surface area contributed by atoms with Gasteiger partial charge in [-0.3, -0.25) is 4.79 Å². The molecule has 26 heavy (non-hydrogen) atoms. The lowest BCUT2D eigenvalue weighted by Gasteiger charge is -2.23. The van der Waals surface area contributed by atoms with Crippen LogP contribution in [0.25, 0.3) is 0 Å². The van der Waals surface area contributed by atoms with Crippen LogP contribution in [0, 0.1) is 0 Å². The van der Waals surface area contributed by atoms with Gasteiger partial charge in [0.1, 0.15) is 11.3 Å². The van der Waals surface area contributed by atoms with Crippen molar-refractivity contribution in [1.82, 2.24) is 9.88 Å². The van der Waals surface area contributed by atoms with Crippen LogP contribution < -0.4 is 5.32 Å². The minimum Gasteiger partial charge on any atom is -0.466 e. The maximum absolute atomic E-state index is 12.1. The zero-order valence-corrected chi connectivity index (χ0v) is 16.0. The summed E-state index contributed by atoms with van der Waals surface area (Å²) in [6, 6.07) is 2.76. The van der Waals surface area contributed by atoms with Crippen molar-refractivity contribution < 1.29 is 28.6 Å². The van der Waals surface area contributed by atoms with E-state index in [-0.39, 0.29) is 26.2 Å². The van der Waals surface area contributed by atoms with Crippen molar-refractivity contribution in [2.24, 2.45) is 0 Å². The highest BCUT2D eigenvalue weighted by atomic mass is 16.6. The molecule has 1 amide bonds. The molecule has 8 heteroatoms. The van der Waals surface area contributed by atoms with Crippen LogP contribution in [0.5, 0.6) is 0 Å². The fourth-order valence-electron chi connectivity index (χ4n) is 2.29. The number of nitrogens with one attached hydrogen (secondary N) is 1. The molecule has 0 aliphatic heterocycles. The van der Waals surface area contributed by atoms with Gasteiger partial charge in [-0.05, 0) is 46.8 Å². The smallest absolute Gasteiger partial charge is 0.407 e. The number of aromatic nitrogens is 1. The first kappa shape index (κ1) is 21.5. The molecule has 0 aromatic carbocycles. The molecule has 0 unspecified atom stereocenters. The summed E-state index contributed by atoms with van der Waals surface area (Å²) in [5.74, 6) is -0.921. The molecule has 146 valence electrons. The van der Waals surface area contributed by atoms with Gasteiger partial charge in [-0.25, -0.2) is 9.59 Å². The van der Waals surface area contributed by atoms with Crippen molar-refractivity contribution in [3.63, 3.8) is 0 Å². The zero-order chi connectivity index (χ0) is 19.7. The van der Waals surface area contributed by atoms with Crippen molar-refractivity contribution in [3.8, 4) is 0 Å². The van der Waals surface area contributed by atoms with Crippen molar-refractivity contribution in [1.29, 1.82) is 0 Å². The summed E-state index contributed by atoms with van der Waals surface area (Å²) in [6.45, 7) is 9.28. The fraction of sp³-hybridized carbons (Fsp3) is 0.611. The van der Waals surface area contributed by atoms with Crippen LogP contribution in [-0.4, -0.2) is 48.0 Å². The summed E-state index contributed by atoms with van der Waals surface area (Å²) in [5, 5.41) is 2.63. The Hall–Kier alpha value is -2.51. The van der Waals surface area contributed by atoms with E-state index < -0.39 is 29.7 Å². The van der Waals surface area contributed by atoms with Gasteiger partial charge in [0.15, 0.2) is 0 Å². The summed E-state index contributed by atoms with van der Waals surface area (Å²) in [4.78, 5) is 35.9. The summed E-state index contributed by atoms with van der Waals surface area (Å²) in [6.07, 6.45) is 1.05. The van der Waals surface area contributed by atoms with Crippen LogP contribution >= 0.6 is 0 Å². The highest BCUT2D eigenvalue weighted by Gasteiger charge is 2.24. The maximum Gasteiger partial charge on any atom is 0.407 e. The molecule has 1 heterocycles. The molecule has 1 atom stereocenters. The van der Waals surface area contributed by atoms with E-state index >= 15 is 0 Å². The minimum atomic E-state index is -0.635. The topological polar surface area (TPSA) is 95.9 Å². The van der Waals surface area contributed by atoms with Gasteiger partial charge in [0.25, 0.3) is 0 Å². The van der Waals surface area contributed by atoms with E-state index in [0.717, 1.165) is 0 Å². The third kappa shape index (κ3) is 7.16. The largest absolute Gasteiger partial charge is 0.466 e. The lowest BCUT2D eigenvalue weighted by Crippen LogP contribution is -2.37. The number of ether oxygens (including phenoxy) is 3. The van der Waals surface area contributed by atoms with Crippen molar-refractivity contribution in [2.45, 2.75) is 52.7 Å². The lowest BCUT2D eigenvalue weighted by molar-refractivity contribution is -0.144. The normalized spacial score (nSPS) is 12.2. The molecule has 1 aromatic heterocycles. The third-order valence-corrected chi connectivity index (χ3v) is 3.25. The van der Waals surface area contributed by atoms with E-state index in [9.17, 15) is 14.4 Å². The highest BCUT2D eigenvalue weighted by Crippen LogP contribution is 2.18. The number of hydrogen-bond acceptors (Lipinski definition) is 6. The number of rotatable bonds is 8. The van der Waals surface area contributed by atoms with Gasteiger partial charge in [-0.15, -0.1) is 0 Å². The highest BCUT2D eigenvalue weighted by molar-refractivity contribution is 5.88. The predicted molar refractivity (Wildman–Crippen MR) is 94.9 cm³/mol. The molecule has 1 N–H and O–H groups in total. The van der Waals surface area contributed by atoms with Gasteiger partial charge in [0.2, 0.25) is 0 Å². The third-order valence-electron chi connectivity index (χ3n) is 3.25. The monoisotopic (exact) mass is 368 g/mol. The van der Waals surface area contributed by atoms with E-state index in [4.69, 9.17) is 14.2 Å². The van der Waals surface area contributed by atoms with Crippen molar-refractivity contribution in [2.75, 3.05) is 19.8 Å². The Morgan fingerprint density at radius 1 is 1.15 bits per heavy atom. The molecule has 0 spiro atoms. The van der Waals surface area contributed by atoms with Gasteiger partial charge in [-0.1, -0.05) is 0 Å². The average Bonchev–Trinajstić information content (AvgIpc) is 2.99. The van der Waals surface area contributed by atoms with Crippen LogP contribution in [0.15, 0.2) is 18.3 Å². The first-order chi connectivity index (χ1) is 12.2. The average molecular weight is 368 g/mol. The Morgan fingerprint density at radius 3 is 2.38 bits per heavy atom. The maximum atomic E-state index is 12.1. The van der Waals surface area contributed by atoms with Gasteiger partial charge in [-0.2, -0.15) is 0 Å². The Labute approximate surface area is 153 Å². The van der Waals surface area contributed by atoms with E-state index in [1.54, 1.807) is 57.5 Å². The molecule has 1 rings (SSSR count). The van der Waals surface area contributed by atoms with Gasteiger partial charge in [0.05, 0.1) is 25.7 Å². The fourth-order valence-corrected chi connectivity index (χ4v) is 2.29. The van der Waals surface area contributed by atoms with Crippen LogP contribution in [0.3, 0.4) is 0 Å². The van der Waals surface area contributed by atoms with Crippen LogP contribution in [0.4, 0.5) is 4.79 Å². The Balaban J connectivity index is 2.92. The summed E-state index contributed by atoms with van der Waals surface area (Å²) >= 11 is 0. The second-order valence-corrected chi connectivity index (χ2v) is 6.57. The zero-order valence-electron chi connectivity index (χ0n) is 16.0. The molecular formula is C18H28N2O6. The molecule has 0 fully saturated rings. The Bertz CT molecular complexity index is 617. The lowest BCUT2D eigenvalue weighted by atomic mass is 10.2. The number of alkyl carbamates (subject to hydrolysis) is 1. The predicted octanol–water partition coefficient (Wildman–Crippen LogP) is 2.68. The van der Waals surface area contributed by atoms with E-state index in [2.05, 4.69) is 5.32 Å². The molecule has 0 saturated heterocycles. The number of hydrogen-bond donors (Lipinski definition) is 1. The molecule has 0 radical (unpaired) electrons. The number of carbonyl (C=O) groups is 3. The second kappa shape index (κ2) is 9.84. The van der Waals surface area contributed by atoms with Gasteiger partial charge in [0, 0.05) is 12.7 Å². The molecule has 8 nitrogen and oxygen atoms in total. The molecular weight excluding hydrogens is 340 g/mol. The standard InChI is InChI=1S/C18H28N2O6/c1-6-24-15(21)11-13(12-19-17(23)26-18(3,4)5)20-10-8-9-14(20)16(22)25-7-2/h8-10,13H,6-7,11-12H2,1-5H3,(H,19,23)/t13-/m0/s1. The number of esters is 2. The second-order valence-electron chi connectivity index (χ2n) is 6.57. The van der Waals surface area contributed by atoms with Crippen LogP contribution in [-0.2, 0) is 19.0 Å². The SMILES string of the molecule is CCOC(=O)C[C@@H](CNC(=O)OC(C)(C)C)n1cccc1C(=O)OCC. The van der Waals surface area contributed by atoms with Crippen molar-refractivity contribution in [3.05, 3.63) is 24.0 Å². The number of amides is 1. The van der Waals surface area contributed by atoms with Gasteiger partial charge >= 0.3 is 18.0 Å². The summed E-state index contributed by atoms with van der Waals surface area (Å²) in [5.41, 5.74) is -0.336. The molecule has 0 saturated carbocycles. The molecule has 1 aromatic rings. The number of carbonyl (C=O) groups excluding carboxylic acids is 3. The van der Waals surface area contributed by atoms with E-state index in [1.165, 1.54) is 0 Å². The van der Waals surface area contributed by atoms with Crippen LogP contribution in [0.1, 0.15) is 57.6 Å². The van der Waals surface area contributed by atoms with E-state index in [1.807, 2.05) is 0 Å². The van der Waals surface area contributed by atoms with Crippen molar-refractivity contribution >= 4 is 18.0 Å². The summed E-state index contributed by atoms with van der Waals surface area (Å²) < 4.78 is 16.8. The van der Waals surface area contributed by atoms with Gasteiger partial charge < -0.3 is 24.1 Å². The van der Waals surface area contributed by atoms with E-state index in [0.29, 0.717) is 5.69 Å².